The Morgan fingerprint density at radius 2 is 1.87 bits per heavy atom. The smallest absolute Gasteiger partial charge is 0.345 e. The summed E-state index contributed by atoms with van der Waals surface area (Å²) >= 11 is 0. The van der Waals surface area contributed by atoms with Crippen molar-refractivity contribution in [2.24, 2.45) is 0 Å². The van der Waals surface area contributed by atoms with Gasteiger partial charge in [0.15, 0.2) is 0 Å². The first-order valence-electron chi connectivity index (χ1n) is 4.50. The van der Waals surface area contributed by atoms with Gasteiger partial charge in [-0.3, -0.25) is 9.59 Å². The summed E-state index contributed by atoms with van der Waals surface area (Å²) in [6.45, 7) is 0.763. The summed E-state index contributed by atoms with van der Waals surface area (Å²) in [5.74, 6) is -1.91. The molecule has 1 aliphatic rings. The van der Waals surface area contributed by atoms with Crippen molar-refractivity contribution < 1.29 is 22.8 Å². The molecule has 2 amide bonds. The lowest BCUT2D eigenvalue weighted by molar-refractivity contribution is -0.174. The standard InChI is InChI=1S/C8H11F3N2O2/c9-8(10,11)7(15)12-6-1-3-13(5-14)4-2-6/h5-6H,1-4H2,(H,12,15). The van der Waals surface area contributed by atoms with Crippen molar-refractivity contribution in [3.8, 4) is 0 Å². The first kappa shape index (κ1) is 11.8. The van der Waals surface area contributed by atoms with Gasteiger partial charge in [0, 0.05) is 19.1 Å². The molecule has 7 heteroatoms. The zero-order valence-electron chi connectivity index (χ0n) is 7.88. The lowest BCUT2D eigenvalue weighted by atomic mass is 10.1. The van der Waals surface area contributed by atoms with Gasteiger partial charge >= 0.3 is 12.1 Å². The number of rotatable bonds is 2. The first-order chi connectivity index (χ1) is 6.93. The van der Waals surface area contributed by atoms with Gasteiger partial charge in [0.2, 0.25) is 6.41 Å². The molecule has 86 valence electrons. The van der Waals surface area contributed by atoms with Crippen LogP contribution >= 0.6 is 0 Å². The van der Waals surface area contributed by atoms with Crippen molar-refractivity contribution >= 4 is 12.3 Å². The van der Waals surface area contributed by atoms with Crippen molar-refractivity contribution in [2.75, 3.05) is 13.1 Å². The lowest BCUT2D eigenvalue weighted by Gasteiger charge is -2.29. The second kappa shape index (κ2) is 4.50. The Balaban J connectivity index is 2.36. The molecule has 0 unspecified atom stereocenters. The molecule has 1 fully saturated rings. The maximum Gasteiger partial charge on any atom is 0.471 e. The normalized spacial score (nSPS) is 18.7. The number of hydrogen-bond acceptors (Lipinski definition) is 2. The molecule has 1 aliphatic heterocycles. The van der Waals surface area contributed by atoms with Crippen LogP contribution in [0.1, 0.15) is 12.8 Å². The van der Waals surface area contributed by atoms with Gasteiger partial charge in [0.25, 0.3) is 0 Å². The molecular weight excluding hydrogens is 213 g/mol. The van der Waals surface area contributed by atoms with Crippen LogP contribution in [0.15, 0.2) is 0 Å². The zero-order valence-corrected chi connectivity index (χ0v) is 7.88. The Kier molecular flexibility index (Phi) is 3.54. The molecule has 0 spiro atoms. The van der Waals surface area contributed by atoms with Crippen molar-refractivity contribution in [3.05, 3.63) is 0 Å². The Labute approximate surface area is 84.4 Å². The average molecular weight is 224 g/mol. The van der Waals surface area contributed by atoms with Crippen molar-refractivity contribution in [2.45, 2.75) is 25.1 Å². The van der Waals surface area contributed by atoms with E-state index in [1.807, 2.05) is 5.32 Å². The molecule has 15 heavy (non-hydrogen) atoms. The largest absolute Gasteiger partial charge is 0.471 e. The third-order valence-electron chi connectivity index (χ3n) is 2.27. The zero-order chi connectivity index (χ0) is 11.5. The summed E-state index contributed by atoms with van der Waals surface area (Å²) in [6.07, 6.45) is -3.45. The van der Waals surface area contributed by atoms with E-state index in [1.165, 1.54) is 4.90 Å². The number of alkyl halides is 3. The second-order valence-electron chi connectivity index (χ2n) is 3.39. The Morgan fingerprint density at radius 3 is 2.27 bits per heavy atom. The number of amides is 2. The van der Waals surface area contributed by atoms with E-state index in [0.29, 0.717) is 32.3 Å². The van der Waals surface area contributed by atoms with Crippen LogP contribution in [0, 0.1) is 0 Å². The lowest BCUT2D eigenvalue weighted by Crippen LogP contribution is -2.48. The summed E-state index contributed by atoms with van der Waals surface area (Å²) in [5, 5.41) is 1.90. The minimum Gasteiger partial charge on any atom is -0.345 e. The molecule has 1 heterocycles. The van der Waals surface area contributed by atoms with Crippen LogP contribution < -0.4 is 5.32 Å². The molecule has 1 N–H and O–H groups in total. The van der Waals surface area contributed by atoms with Crippen LogP contribution in [0.5, 0.6) is 0 Å². The fraction of sp³-hybridized carbons (Fsp3) is 0.750. The number of hydrogen-bond donors (Lipinski definition) is 1. The predicted molar refractivity (Wildman–Crippen MR) is 44.9 cm³/mol. The Bertz CT molecular complexity index is 247. The maximum atomic E-state index is 11.9. The van der Waals surface area contributed by atoms with Crippen LogP contribution in [0.3, 0.4) is 0 Å². The minimum atomic E-state index is -4.83. The SMILES string of the molecule is O=CN1CCC(NC(=O)C(F)(F)F)CC1. The van der Waals surface area contributed by atoms with Gasteiger partial charge in [-0.15, -0.1) is 0 Å². The Hall–Kier alpha value is -1.27. The van der Waals surface area contributed by atoms with Crippen LogP contribution in [0.4, 0.5) is 13.2 Å². The number of piperidine rings is 1. The molecular formula is C8H11F3N2O2. The van der Waals surface area contributed by atoms with E-state index < -0.39 is 18.1 Å². The van der Waals surface area contributed by atoms with E-state index in [9.17, 15) is 22.8 Å². The number of carbonyl (C=O) groups excluding carboxylic acids is 2. The number of likely N-dealkylation sites (tertiary alicyclic amines) is 1. The van der Waals surface area contributed by atoms with Gasteiger partial charge in [-0.2, -0.15) is 13.2 Å². The molecule has 1 saturated heterocycles. The van der Waals surface area contributed by atoms with Gasteiger partial charge in [0.1, 0.15) is 0 Å². The number of halogens is 3. The summed E-state index contributed by atoms with van der Waals surface area (Å²) < 4.78 is 35.6. The molecule has 0 radical (unpaired) electrons. The molecule has 0 atom stereocenters. The molecule has 0 saturated carbocycles. The summed E-state index contributed by atoms with van der Waals surface area (Å²) in [6, 6.07) is -0.490. The molecule has 0 bridgehead atoms. The maximum absolute atomic E-state index is 11.9. The summed E-state index contributed by atoms with van der Waals surface area (Å²) in [7, 11) is 0. The monoisotopic (exact) mass is 224 g/mol. The summed E-state index contributed by atoms with van der Waals surface area (Å²) in [4.78, 5) is 22.3. The van der Waals surface area contributed by atoms with Gasteiger partial charge in [-0.1, -0.05) is 0 Å². The van der Waals surface area contributed by atoms with Crippen LogP contribution in [-0.4, -0.2) is 42.5 Å². The first-order valence-corrected chi connectivity index (χ1v) is 4.50. The number of carbonyl (C=O) groups is 2. The van der Waals surface area contributed by atoms with Crippen LogP contribution in [0.2, 0.25) is 0 Å². The number of nitrogens with zero attached hydrogens (tertiary/aromatic N) is 1. The Morgan fingerprint density at radius 1 is 1.33 bits per heavy atom. The van der Waals surface area contributed by atoms with Crippen LogP contribution in [0.25, 0.3) is 0 Å². The topological polar surface area (TPSA) is 49.4 Å². The second-order valence-corrected chi connectivity index (χ2v) is 3.39. The van der Waals surface area contributed by atoms with Crippen molar-refractivity contribution in [1.82, 2.24) is 10.2 Å². The molecule has 4 nitrogen and oxygen atoms in total. The van der Waals surface area contributed by atoms with E-state index in [2.05, 4.69) is 0 Å². The van der Waals surface area contributed by atoms with Gasteiger partial charge in [-0.25, -0.2) is 0 Å². The fourth-order valence-electron chi connectivity index (χ4n) is 1.42. The number of nitrogens with one attached hydrogen (secondary N) is 1. The van der Waals surface area contributed by atoms with E-state index in [-0.39, 0.29) is 0 Å². The predicted octanol–water partition coefficient (Wildman–Crippen LogP) is 0.286. The molecule has 0 aromatic rings. The molecule has 0 aromatic carbocycles. The third-order valence-corrected chi connectivity index (χ3v) is 2.27. The van der Waals surface area contributed by atoms with Crippen LogP contribution in [-0.2, 0) is 9.59 Å². The van der Waals surface area contributed by atoms with Gasteiger partial charge in [0.05, 0.1) is 0 Å². The third kappa shape index (κ3) is 3.41. The molecule has 0 aliphatic carbocycles. The highest BCUT2D eigenvalue weighted by molar-refractivity contribution is 5.81. The summed E-state index contributed by atoms with van der Waals surface area (Å²) in [5.41, 5.74) is 0. The molecule has 1 rings (SSSR count). The quantitative estimate of drug-likeness (QED) is 0.685. The highest BCUT2D eigenvalue weighted by atomic mass is 19.4. The van der Waals surface area contributed by atoms with Gasteiger partial charge < -0.3 is 10.2 Å². The van der Waals surface area contributed by atoms with E-state index in [0.717, 1.165) is 0 Å². The van der Waals surface area contributed by atoms with E-state index in [4.69, 9.17) is 0 Å². The molecule has 0 aromatic heterocycles. The fourth-order valence-corrected chi connectivity index (χ4v) is 1.42. The van der Waals surface area contributed by atoms with E-state index >= 15 is 0 Å². The average Bonchev–Trinajstić information content (AvgIpc) is 2.17. The minimum absolute atomic E-state index is 0.362. The highest BCUT2D eigenvalue weighted by Crippen LogP contribution is 2.16. The van der Waals surface area contributed by atoms with Gasteiger partial charge in [-0.05, 0) is 12.8 Å². The van der Waals surface area contributed by atoms with Crippen molar-refractivity contribution in [3.63, 3.8) is 0 Å². The highest BCUT2D eigenvalue weighted by Gasteiger charge is 2.39. The van der Waals surface area contributed by atoms with E-state index in [1.54, 1.807) is 0 Å². The van der Waals surface area contributed by atoms with Crippen molar-refractivity contribution in [1.29, 1.82) is 0 Å².